The SMILES string of the molecule is CCCCCC=CCC=CCCCCCCCCC(CCCCCCCCCC)COC=CC(C)(C)CC(C)C. The minimum Gasteiger partial charge on any atom is -0.501 e. The summed E-state index contributed by atoms with van der Waals surface area (Å²) in [7, 11) is 0. The summed E-state index contributed by atoms with van der Waals surface area (Å²) in [5, 5.41) is 0. The molecular formula is C39H74O. The van der Waals surface area contributed by atoms with Gasteiger partial charge >= 0.3 is 0 Å². The van der Waals surface area contributed by atoms with E-state index in [9.17, 15) is 0 Å². The van der Waals surface area contributed by atoms with E-state index in [4.69, 9.17) is 4.74 Å². The van der Waals surface area contributed by atoms with Crippen molar-refractivity contribution in [3.05, 3.63) is 36.6 Å². The Morgan fingerprint density at radius 2 is 1.02 bits per heavy atom. The molecule has 0 aromatic carbocycles. The predicted molar refractivity (Wildman–Crippen MR) is 183 cm³/mol. The Kier molecular flexibility index (Phi) is 28.8. The Labute approximate surface area is 254 Å². The third-order valence-corrected chi connectivity index (χ3v) is 8.16. The van der Waals surface area contributed by atoms with Crippen molar-refractivity contribution >= 4 is 0 Å². The van der Waals surface area contributed by atoms with E-state index >= 15 is 0 Å². The maximum Gasteiger partial charge on any atom is 0.0901 e. The third-order valence-electron chi connectivity index (χ3n) is 8.16. The number of ether oxygens (including phenoxy) is 1. The van der Waals surface area contributed by atoms with Gasteiger partial charge in [0.25, 0.3) is 0 Å². The van der Waals surface area contributed by atoms with Gasteiger partial charge in [-0.3, -0.25) is 0 Å². The van der Waals surface area contributed by atoms with Gasteiger partial charge in [0.15, 0.2) is 0 Å². The van der Waals surface area contributed by atoms with Gasteiger partial charge in [0.2, 0.25) is 0 Å². The fourth-order valence-corrected chi connectivity index (χ4v) is 5.84. The zero-order valence-electron chi connectivity index (χ0n) is 28.5. The van der Waals surface area contributed by atoms with E-state index in [1.165, 1.54) is 141 Å². The molecule has 1 unspecified atom stereocenters. The van der Waals surface area contributed by atoms with Gasteiger partial charge in [0, 0.05) is 0 Å². The smallest absolute Gasteiger partial charge is 0.0901 e. The number of hydrogen-bond donors (Lipinski definition) is 0. The molecule has 236 valence electrons. The first-order chi connectivity index (χ1) is 19.4. The quantitative estimate of drug-likeness (QED) is 0.0484. The topological polar surface area (TPSA) is 9.23 Å². The summed E-state index contributed by atoms with van der Waals surface area (Å²) in [6, 6.07) is 0. The van der Waals surface area contributed by atoms with Gasteiger partial charge in [0.05, 0.1) is 12.9 Å². The molecule has 0 aromatic rings. The molecule has 0 saturated carbocycles. The van der Waals surface area contributed by atoms with Crippen LogP contribution in [0, 0.1) is 17.3 Å². The second-order valence-corrected chi connectivity index (χ2v) is 13.7. The minimum absolute atomic E-state index is 0.224. The first kappa shape index (κ1) is 39.0. The van der Waals surface area contributed by atoms with Gasteiger partial charge in [-0.2, -0.15) is 0 Å². The third kappa shape index (κ3) is 30.0. The predicted octanol–water partition coefficient (Wildman–Crippen LogP) is 13.9. The number of unbranched alkanes of at least 4 members (excludes halogenated alkanes) is 16. The number of allylic oxidation sites excluding steroid dienone is 5. The second kappa shape index (κ2) is 29.5. The maximum absolute atomic E-state index is 6.12. The molecule has 1 atom stereocenters. The standard InChI is InChI=1S/C39H74O/c1-7-9-11-13-15-17-18-19-20-21-22-23-24-26-28-30-32-38(31-29-27-25-16-14-12-10-8-2)36-40-34-33-39(5,6)35-37(3)4/h15,17,19-20,33-34,37-38H,7-14,16,18,21-32,35-36H2,1-6H3. The molecule has 1 heteroatoms. The Hall–Kier alpha value is -0.980. The van der Waals surface area contributed by atoms with E-state index in [2.05, 4.69) is 71.9 Å². The molecule has 0 N–H and O–H groups in total. The molecule has 0 aliphatic carbocycles. The van der Waals surface area contributed by atoms with Crippen LogP contribution in [0.5, 0.6) is 0 Å². The molecule has 0 fully saturated rings. The van der Waals surface area contributed by atoms with Gasteiger partial charge in [0.1, 0.15) is 0 Å². The average molecular weight is 559 g/mol. The zero-order chi connectivity index (χ0) is 29.6. The normalized spacial score (nSPS) is 13.5. The molecule has 0 bridgehead atoms. The lowest BCUT2D eigenvalue weighted by Gasteiger charge is -2.22. The highest BCUT2D eigenvalue weighted by molar-refractivity contribution is 4.93. The summed E-state index contributed by atoms with van der Waals surface area (Å²) in [6.45, 7) is 14.8. The Morgan fingerprint density at radius 1 is 0.575 bits per heavy atom. The maximum atomic E-state index is 6.12. The van der Waals surface area contributed by atoms with Crippen LogP contribution in [0.1, 0.15) is 189 Å². The van der Waals surface area contributed by atoms with Crippen LogP contribution < -0.4 is 0 Å². The minimum atomic E-state index is 0.224. The molecule has 0 aliphatic heterocycles. The first-order valence-corrected chi connectivity index (χ1v) is 18.0. The Balaban J connectivity index is 4.09. The van der Waals surface area contributed by atoms with Crippen molar-refractivity contribution in [3.8, 4) is 0 Å². The van der Waals surface area contributed by atoms with Crippen LogP contribution in [-0.2, 0) is 4.74 Å². The van der Waals surface area contributed by atoms with Crippen LogP contribution in [-0.4, -0.2) is 6.61 Å². The highest BCUT2D eigenvalue weighted by atomic mass is 16.5. The number of hydrogen-bond acceptors (Lipinski definition) is 1. The zero-order valence-corrected chi connectivity index (χ0v) is 28.5. The summed E-state index contributed by atoms with van der Waals surface area (Å²) in [5.41, 5.74) is 0.224. The molecular weight excluding hydrogens is 484 g/mol. The summed E-state index contributed by atoms with van der Waals surface area (Å²) in [4.78, 5) is 0. The molecule has 0 rings (SSSR count). The van der Waals surface area contributed by atoms with Gasteiger partial charge in [-0.1, -0.05) is 162 Å². The fourth-order valence-electron chi connectivity index (χ4n) is 5.84. The van der Waals surface area contributed by atoms with Crippen LogP contribution in [0.15, 0.2) is 36.6 Å². The van der Waals surface area contributed by atoms with E-state index in [-0.39, 0.29) is 5.41 Å². The summed E-state index contributed by atoms with van der Waals surface area (Å²) >= 11 is 0. The van der Waals surface area contributed by atoms with E-state index in [1.807, 2.05) is 6.26 Å². The number of rotatable bonds is 30. The largest absolute Gasteiger partial charge is 0.501 e. The van der Waals surface area contributed by atoms with Gasteiger partial charge in [-0.05, 0) is 74.7 Å². The van der Waals surface area contributed by atoms with Crippen molar-refractivity contribution in [2.24, 2.45) is 17.3 Å². The van der Waals surface area contributed by atoms with Crippen molar-refractivity contribution in [1.82, 2.24) is 0 Å². The van der Waals surface area contributed by atoms with Gasteiger partial charge in [-0.25, -0.2) is 0 Å². The summed E-state index contributed by atoms with van der Waals surface area (Å²) in [5.74, 6) is 1.45. The molecule has 1 nitrogen and oxygen atoms in total. The molecule has 0 aliphatic rings. The Morgan fingerprint density at radius 3 is 1.55 bits per heavy atom. The van der Waals surface area contributed by atoms with E-state index in [0.717, 1.165) is 24.9 Å². The second-order valence-electron chi connectivity index (χ2n) is 13.7. The van der Waals surface area contributed by atoms with Crippen molar-refractivity contribution < 1.29 is 4.74 Å². The molecule has 0 radical (unpaired) electrons. The lowest BCUT2D eigenvalue weighted by atomic mass is 9.84. The van der Waals surface area contributed by atoms with Gasteiger partial charge in [-0.15, -0.1) is 0 Å². The van der Waals surface area contributed by atoms with Crippen LogP contribution >= 0.6 is 0 Å². The van der Waals surface area contributed by atoms with E-state index in [0.29, 0.717) is 0 Å². The Bertz CT molecular complexity index is 582. The summed E-state index contributed by atoms with van der Waals surface area (Å²) < 4.78 is 6.12. The first-order valence-electron chi connectivity index (χ1n) is 18.0. The van der Waals surface area contributed by atoms with E-state index < -0.39 is 0 Å². The van der Waals surface area contributed by atoms with Crippen molar-refractivity contribution in [3.63, 3.8) is 0 Å². The molecule has 0 aromatic heterocycles. The van der Waals surface area contributed by atoms with E-state index in [1.54, 1.807) is 0 Å². The van der Waals surface area contributed by atoms with Crippen LogP contribution in [0.2, 0.25) is 0 Å². The fraction of sp³-hybridized carbons (Fsp3) is 0.846. The molecule has 0 spiro atoms. The van der Waals surface area contributed by atoms with Crippen LogP contribution in [0.3, 0.4) is 0 Å². The van der Waals surface area contributed by atoms with Crippen LogP contribution in [0.25, 0.3) is 0 Å². The van der Waals surface area contributed by atoms with Crippen molar-refractivity contribution in [1.29, 1.82) is 0 Å². The van der Waals surface area contributed by atoms with Crippen LogP contribution in [0.4, 0.5) is 0 Å². The van der Waals surface area contributed by atoms with Crippen molar-refractivity contribution in [2.45, 2.75) is 189 Å². The molecule has 0 amide bonds. The lowest BCUT2D eigenvalue weighted by molar-refractivity contribution is 0.173. The molecule has 0 heterocycles. The molecule has 0 saturated heterocycles. The highest BCUT2D eigenvalue weighted by Gasteiger charge is 2.16. The summed E-state index contributed by atoms with van der Waals surface area (Å²) in [6.07, 6.45) is 44.9. The van der Waals surface area contributed by atoms with Crippen molar-refractivity contribution in [2.75, 3.05) is 6.61 Å². The molecule has 40 heavy (non-hydrogen) atoms. The average Bonchev–Trinajstić information content (AvgIpc) is 2.91. The highest BCUT2D eigenvalue weighted by Crippen LogP contribution is 2.27. The monoisotopic (exact) mass is 559 g/mol. The lowest BCUT2D eigenvalue weighted by Crippen LogP contribution is -2.12. The van der Waals surface area contributed by atoms with Gasteiger partial charge < -0.3 is 4.74 Å².